The third kappa shape index (κ3) is 2.46. The fourth-order valence-corrected chi connectivity index (χ4v) is 3.57. The first-order valence-electron chi connectivity index (χ1n) is 7.72. The molecule has 0 aliphatic carbocycles. The van der Waals surface area contributed by atoms with Gasteiger partial charge in [0, 0.05) is 18.8 Å². The van der Waals surface area contributed by atoms with Crippen molar-refractivity contribution in [1.29, 1.82) is 0 Å². The lowest BCUT2D eigenvalue weighted by Crippen LogP contribution is -3.16. The highest BCUT2D eigenvalue weighted by Gasteiger charge is 2.41. The smallest absolute Gasteiger partial charge is 0.351 e. The number of ether oxygens (including phenoxy) is 3. The van der Waals surface area contributed by atoms with Crippen molar-refractivity contribution in [2.75, 3.05) is 26.2 Å². The summed E-state index contributed by atoms with van der Waals surface area (Å²) in [4.78, 5) is 13.9. The van der Waals surface area contributed by atoms with Gasteiger partial charge in [-0.25, -0.2) is 4.79 Å². The second kappa shape index (κ2) is 5.22. The second-order valence-corrected chi connectivity index (χ2v) is 6.13. The fraction of sp³-hybridized carbons (Fsp3) is 0.562. The second-order valence-electron chi connectivity index (χ2n) is 6.13. The van der Waals surface area contributed by atoms with Crippen molar-refractivity contribution in [2.24, 2.45) is 5.92 Å². The highest BCUT2D eigenvalue weighted by molar-refractivity contribution is 5.76. The van der Waals surface area contributed by atoms with Crippen molar-refractivity contribution in [2.45, 2.75) is 25.0 Å². The Labute approximate surface area is 123 Å². The molecule has 21 heavy (non-hydrogen) atoms. The van der Waals surface area contributed by atoms with Crippen LogP contribution in [0.25, 0.3) is 0 Å². The average Bonchev–Trinajstić information content (AvgIpc) is 2.55. The molecule has 5 heteroatoms. The molecule has 4 aliphatic rings. The van der Waals surface area contributed by atoms with Crippen LogP contribution in [0.2, 0.25) is 0 Å². The molecule has 0 aromatic heterocycles. The molecule has 2 bridgehead atoms. The number of esters is 1. The summed E-state index contributed by atoms with van der Waals surface area (Å²) in [6, 6.07) is 7.41. The van der Waals surface area contributed by atoms with E-state index in [9.17, 15) is 4.79 Å². The first-order chi connectivity index (χ1) is 10.3. The van der Waals surface area contributed by atoms with E-state index in [0.717, 1.165) is 19.4 Å². The first kappa shape index (κ1) is 13.0. The maximum Gasteiger partial charge on any atom is 0.351 e. The van der Waals surface area contributed by atoms with Crippen LogP contribution in [-0.4, -0.2) is 44.4 Å². The molecule has 5 nitrogen and oxygen atoms in total. The SMILES string of the molecule is O=C(O[C@@H]1C[NH+]2CCC1CC2)[C@H]1COc2ccccc2O1. The van der Waals surface area contributed by atoms with E-state index >= 15 is 0 Å². The molecule has 4 aliphatic heterocycles. The van der Waals surface area contributed by atoms with Crippen LogP contribution < -0.4 is 14.4 Å². The van der Waals surface area contributed by atoms with Crippen molar-refractivity contribution in [3.8, 4) is 11.5 Å². The molecule has 1 aromatic rings. The minimum atomic E-state index is -0.648. The summed E-state index contributed by atoms with van der Waals surface area (Å²) in [5.41, 5.74) is 0. The van der Waals surface area contributed by atoms with Gasteiger partial charge < -0.3 is 19.1 Å². The molecule has 0 saturated carbocycles. The topological polar surface area (TPSA) is 49.2 Å². The lowest BCUT2D eigenvalue weighted by Gasteiger charge is -2.41. The minimum Gasteiger partial charge on any atom is -0.485 e. The maximum atomic E-state index is 12.3. The Morgan fingerprint density at radius 2 is 1.95 bits per heavy atom. The van der Waals surface area contributed by atoms with Crippen molar-refractivity contribution in [3.05, 3.63) is 24.3 Å². The molecular weight excluding hydrogens is 270 g/mol. The van der Waals surface area contributed by atoms with Crippen molar-refractivity contribution < 1.29 is 23.9 Å². The Hall–Kier alpha value is -1.75. The molecule has 0 radical (unpaired) electrons. The van der Waals surface area contributed by atoms with Crippen LogP contribution in [-0.2, 0) is 9.53 Å². The number of benzene rings is 1. The van der Waals surface area contributed by atoms with Crippen molar-refractivity contribution in [3.63, 3.8) is 0 Å². The number of hydrogen-bond donors (Lipinski definition) is 1. The normalized spacial score (nSPS) is 33.5. The zero-order chi connectivity index (χ0) is 14.2. The van der Waals surface area contributed by atoms with E-state index in [-0.39, 0.29) is 18.7 Å². The lowest BCUT2D eigenvalue weighted by molar-refractivity contribution is -0.920. The molecule has 3 fully saturated rings. The Bertz CT molecular complexity index is 539. The van der Waals surface area contributed by atoms with E-state index in [1.807, 2.05) is 24.3 Å². The van der Waals surface area contributed by atoms with Gasteiger partial charge in [-0.1, -0.05) is 12.1 Å². The van der Waals surface area contributed by atoms with Crippen LogP contribution in [0, 0.1) is 5.92 Å². The number of piperidine rings is 3. The van der Waals surface area contributed by atoms with Gasteiger partial charge in [-0.15, -0.1) is 0 Å². The van der Waals surface area contributed by atoms with E-state index in [0.29, 0.717) is 17.4 Å². The molecule has 3 saturated heterocycles. The van der Waals surface area contributed by atoms with Gasteiger partial charge in [0.25, 0.3) is 0 Å². The molecule has 1 aromatic carbocycles. The molecule has 4 heterocycles. The quantitative estimate of drug-likeness (QED) is 0.782. The van der Waals surface area contributed by atoms with E-state index in [2.05, 4.69) is 0 Å². The fourth-order valence-electron chi connectivity index (χ4n) is 3.57. The third-order valence-corrected chi connectivity index (χ3v) is 4.79. The first-order valence-corrected chi connectivity index (χ1v) is 7.72. The molecule has 0 unspecified atom stereocenters. The molecule has 5 rings (SSSR count). The predicted molar refractivity (Wildman–Crippen MR) is 74.5 cm³/mol. The summed E-state index contributed by atoms with van der Waals surface area (Å²) in [7, 11) is 0. The number of carbonyl (C=O) groups excluding carboxylic acids is 1. The van der Waals surface area contributed by atoms with Crippen molar-refractivity contribution in [1.82, 2.24) is 0 Å². The van der Waals surface area contributed by atoms with Gasteiger partial charge in [-0.05, 0) is 12.1 Å². The predicted octanol–water partition coefficient (Wildman–Crippen LogP) is 0.0467. The highest BCUT2D eigenvalue weighted by atomic mass is 16.6. The molecule has 2 atom stereocenters. The number of quaternary nitrogens is 1. The van der Waals surface area contributed by atoms with E-state index in [4.69, 9.17) is 14.2 Å². The van der Waals surface area contributed by atoms with E-state index in [1.165, 1.54) is 13.1 Å². The minimum absolute atomic E-state index is 0.0516. The van der Waals surface area contributed by atoms with Gasteiger partial charge in [0.15, 0.2) is 17.6 Å². The number of nitrogens with one attached hydrogen (secondary N) is 1. The lowest BCUT2D eigenvalue weighted by atomic mass is 9.86. The number of hydrogen-bond acceptors (Lipinski definition) is 4. The Balaban J connectivity index is 1.40. The van der Waals surface area contributed by atoms with Crippen LogP contribution in [0.1, 0.15) is 12.8 Å². The molecule has 0 spiro atoms. The maximum absolute atomic E-state index is 12.3. The van der Waals surface area contributed by atoms with Gasteiger partial charge in [0.2, 0.25) is 6.10 Å². The summed E-state index contributed by atoms with van der Waals surface area (Å²) in [6.07, 6.45) is 1.73. The number of carbonyl (C=O) groups is 1. The Morgan fingerprint density at radius 1 is 1.19 bits per heavy atom. The molecular formula is C16H20NO4+. The summed E-state index contributed by atoms with van der Waals surface area (Å²) >= 11 is 0. The summed E-state index contributed by atoms with van der Waals surface area (Å²) in [5, 5.41) is 0. The van der Waals surface area contributed by atoms with Crippen LogP contribution in [0.3, 0.4) is 0 Å². The van der Waals surface area contributed by atoms with Crippen LogP contribution in [0.15, 0.2) is 24.3 Å². The zero-order valence-corrected chi connectivity index (χ0v) is 11.9. The summed E-state index contributed by atoms with van der Waals surface area (Å²) in [6.45, 7) is 3.61. The van der Waals surface area contributed by atoms with Gasteiger partial charge >= 0.3 is 5.97 Å². The van der Waals surface area contributed by atoms with E-state index < -0.39 is 6.10 Å². The van der Waals surface area contributed by atoms with Crippen LogP contribution >= 0.6 is 0 Å². The number of rotatable bonds is 2. The Morgan fingerprint density at radius 3 is 2.67 bits per heavy atom. The standard InChI is InChI=1S/C16H19NO4/c18-16(21-14-9-17-7-5-11(14)6-8-17)15-10-19-12-3-1-2-4-13(12)20-15/h1-4,11,14-15H,5-10H2/p+1/t14-,15-/m1/s1. The van der Waals surface area contributed by atoms with Gasteiger partial charge in [0.05, 0.1) is 13.1 Å². The van der Waals surface area contributed by atoms with Gasteiger partial charge in [-0.3, -0.25) is 0 Å². The monoisotopic (exact) mass is 290 g/mol. The highest BCUT2D eigenvalue weighted by Crippen LogP contribution is 2.31. The average molecular weight is 290 g/mol. The van der Waals surface area contributed by atoms with Crippen LogP contribution in [0.5, 0.6) is 11.5 Å². The third-order valence-electron chi connectivity index (χ3n) is 4.79. The number of fused-ring (bicyclic) bond motifs is 4. The van der Waals surface area contributed by atoms with Gasteiger partial charge in [0.1, 0.15) is 13.2 Å². The Kier molecular flexibility index (Phi) is 3.22. The van der Waals surface area contributed by atoms with E-state index in [1.54, 1.807) is 4.90 Å². The zero-order valence-electron chi connectivity index (χ0n) is 11.9. The molecule has 1 N–H and O–H groups in total. The number of para-hydroxylation sites is 2. The van der Waals surface area contributed by atoms with Crippen molar-refractivity contribution >= 4 is 5.97 Å². The summed E-state index contributed by atoms with van der Waals surface area (Å²) in [5.74, 6) is 1.55. The molecule has 112 valence electrons. The largest absolute Gasteiger partial charge is 0.485 e. The van der Waals surface area contributed by atoms with Gasteiger partial charge in [-0.2, -0.15) is 0 Å². The van der Waals surface area contributed by atoms with Crippen LogP contribution in [0.4, 0.5) is 0 Å². The molecule has 0 amide bonds. The summed E-state index contributed by atoms with van der Waals surface area (Å²) < 4.78 is 17.0.